The summed E-state index contributed by atoms with van der Waals surface area (Å²) in [5.74, 6) is -1.41. The van der Waals surface area contributed by atoms with Gasteiger partial charge in [0.25, 0.3) is 5.91 Å². The fraction of sp³-hybridized carbons (Fsp3) is 0.263. The lowest BCUT2D eigenvalue weighted by Gasteiger charge is -2.28. The number of ether oxygens (including phenoxy) is 1. The van der Waals surface area contributed by atoms with E-state index in [9.17, 15) is 14.0 Å². The Morgan fingerprint density at radius 2 is 1.89 bits per heavy atom. The van der Waals surface area contributed by atoms with Crippen LogP contribution in [-0.4, -0.2) is 36.4 Å². The Morgan fingerprint density at radius 3 is 2.52 bits per heavy atom. The average molecular weight is 413 g/mol. The first kappa shape index (κ1) is 21.0. The van der Waals surface area contributed by atoms with Crippen LogP contribution >= 0.6 is 23.2 Å². The molecule has 0 radical (unpaired) electrons. The SMILES string of the molecule is CNC(=O)C(C)N(Cc1ccc(Cl)c(Cl)c1)C(=O)COc1ccccc1F. The van der Waals surface area contributed by atoms with Crippen molar-refractivity contribution in [3.05, 3.63) is 63.9 Å². The van der Waals surface area contributed by atoms with Gasteiger partial charge in [-0.3, -0.25) is 9.59 Å². The summed E-state index contributed by atoms with van der Waals surface area (Å²) in [7, 11) is 1.48. The number of likely N-dealkylation sites (N-methyl/N-ethyl adjacent to an activating group) is 1. The first-order valence-electron chi connectivity index (χ1n) is 8.15. The van der Waals surface area contributed by atoms with Gasteiger partial charge in [-0.2, -0.15) is 0 Å². The Bertz CT molecular complexity index is 832. The van der Waals surface area contributed by atoms with Crippen molar-refractivity contribution in [2.75, 3.05) is 13.7 Å². The van der Waals surface area contributed by atoms with E-state index in [1.54, 1.807) is 31.2 Å². The van der Waals surface area contributed by atoms with E-state index in [-0.39, 0.29) is 18.2 Å². The molecule has 0 bridgehead atoms. The molecular weight excluding hydrogens is 394 g/mol. The first-order valence-corrected chi connectivity index (χ1v) is 8.91. The van der Waals surface area contributed by atoms with E-state index in [0.29, 0.717) is 15.6 Å². The standard InChI is InChI=1S/C19H19Cl2FN2O3/c1-12(19(26)23-2)24(10-13-7-8-14(20)15(21)9-13)18(25)11-27-17-6-4-3-5-16(17)22/h3-9,12H,10-11H2,1-2H3,(H,23,26). The van der Waals surface area contributed by atoms with Crippen LogP contribution in [0.1, 0.15) is 12.5 Å². The number of benzene rings is 2. The first-order chi connectivity index (χ1) is 12.8. The molecule has 0 aliphatic rings. The summed E-state index contributed by atoms with van der Waals surface area (Å²) in [6, 6.07) is 9.97. The van der Waals surface area contributed by atoms with Gasteiger partial charge in [0.15, 0.2) is 18.2 Å². The highest BCUT2D eigenvalue weighted by Gasteiger charge is 2.26. The van der Waals surface area contributed by atoms with Crippen LogP contribution in [0, 0.1) is 5.82 Å². The van der Waals surface area contributed by atoms with Crippen molar-refractivity contribution in [1.29, 1.82) is 0 Å². The Balaban J connectivity index is 2.17. The van der Waals surface area contributed by atoms with E-state index in [0.717, 1.165) is 0 Å². The zero-order valence-corrected chi connectivity index (χ0v) is 16.4. The summed E-state index contributed by atoms with van der Waals surface area (Å²) in [6.07, 6.45) is 0. The Kier molecular flexibility index (Phi) is 7.45. The van der Waals surface area contributed by atoms with Crippen LogP contribution in [0.15, 0.2) is 42.5 Å². The lowest BCUT2D eigenvalue weighted by atomic mass is 10.1. The van der Waals surface area contributed by atoms with Crippen LogP contribution < -0.4 is 10.1 Å². The summed E-state index contributed by atoms with van der Waals surface area (Å²) in [6.45, 7) is 1.30. The third-order valence-electron chi connectivity index (χ3n) is 3.94. The second kappa shape index (κ2) is 9.58. The van der Waals surface area contributed by atoms with Crippen molar-refractivity contribution in [3.63, 3.8) is 0 Å². The Labute approximate surface area is 167 Å². The zero-order chi connectivity index (χ0) is 20.0. The molecule has 1 unspecified atom stereocenters. The van der Waals surface area contributed by atoms with Crippen LogP contribution in [0.3, 0.4) is 0 Å². The van der Waals surface area contributed by atoms with E-state index in [4.69, 9.17) is 27.9 Å². The fourth-order valence-electron chi connectivity index (χ4n) is 2.41. The second-order valence-electron chi connectivity index (χ2n) is 5.78. The maximum Gasteiger partial charge on any atom is 0.261 e. The van der Waals surface area contributed by atoms with Gasteiger partial charge in [-0.25, -0.2) is 4.39 Å². The largest absolute Gasteiger partial charge is 0.481 e. The van der Waals surface area contributed by atoms with Crippen molar-refractivity contribution in [2.45, 2.75) is 19.5 Å². The number of hydrogen-bond donors (Lipinski definition) is 1. The number of carbonyl (C=O) groups is 2. The molecule has 0 aromatic heterocycles. The van der Waals surface area contributed by atoms with E-state index in [1.165, 1.54) is 30.1 Å². The number of halogens is 3. The van der Waals surface area contributed by atoms with Gasteiger partial charge in [0, 0.05) is 13.6 Å². The van der Waals surface area contributed by atoms with Gasteiger partial charge in [-0.05, 0) is 36.8 Å². The molecule has 0 saturated carbocycles. The van der Waals surface area contributed by atoms with Crippen molar-refractivity contribution >= 4 is 35.0 Å². The van der Waals surface area contributed by atoms with Crippen LogP contribution in [-0.2, 0) is 16.1 Å². The van der Waals surface area contributed by atoms with E-state index < -0.39 is 24.4 Å². The van der Waals surface area contributed by atoms with Crippen LogP contribution in [0.5, 0.6) is 5.75 Å². The Morgan fingerprint density at radius 1 is 1.19 bits per heavy atom. The molecule has 8 heteroatoms. The Hall–Kier alpha value is -2.31. The maximum atomic E-state index is 13.7. The molecule has 0 heterocycles. The molecule has 0 saturated heterocycles. The fourth-order valence-corrected chi connectivity index (χ4v) is 2.73. The lowest BCUT2D eigenvalue weighted by molar-refractivity contribution is -0.142. The molecular formula is C19H19Cl2FN2O3. The van der Waals surface area contributed by atoms with E-state index in [1.807, 2.05) is 0 Å². The molecule has 2 rings (SSSR count). The number of nitrogens with one attached hydrogen (secondary N) is 1. The third kappa shape index (κ3) is 5.58. The molecule has 1 N–H and O–H groups in total. The summed E-state index contributed by atoms with van der Waals surface area (Å²) >= 11 is 11.9. The topological polar surface area (TPSA) is 58.6 Å². The number of amides is 2. The lowest BCUT2D eigenvalue weighted by Crippen LogP contribution is -2.48. The van der Waals surface area contributed by atoms with Gasteiger partial charge < -0.3 is 15.0 Å². The molecule has 0 aliphatic carbocycles. The van der Waals surface area contributed by atoms with Gasteiger partial charge in [0.1, 0.15) is 6.04 Å². The maximum absolute atomic E-state index is 13.7. The minimum absolute atomic E-state index is 0.0343. The molecule has 2 aromatic carbocycles. The molecule has 5 nitrogen and oxygen atoms in total. The van der Waals surface area contributed by atoms with Crippen LogP contribution in [0.2, 0.25) is 10.0 Å². The highest BCUT2D eigenvalue weighted by atomic mass is 35.5. The smallest absolute Gasteiger partial charge is 0.261 e. The zero-order valence-electron chi connectivity index (χ0n) is 14.8. The number of carbonyl (C=O) groups excluding carboxylic acids is 2. The highest BCUT2D eigenvalue weighted by Crippen LogP contribution is 2.24. The van der Waals surface area contributed by atoms with Crippen molar-refractivity contribution in [3.8, 4) is 5.75 Å². The predicted octanol–water partition coefficient (Wildman–Crippen LogP) is 3.67. The number of nitrogens with zero attached hydrogens (tertiary/aromatic N) is 1. The summed E-state index contributed by atoms with van der Waals surface area (Å²) in [5.41, 5.74) is 0.694. The van der Waals surface area contributed by atoms with Gasteiger partial charge >= 0.3 is 0 Å². The van der Waals surface area contributed by atoms with Gasteiger partial charge in [-0.15, -0.1) is 0 Å². The summed E-state index contributed by atoms with van der Waals surface area (Å²) in [4.78, 5) is 26.1. The van der Waals surface area contributed by atoms with Crippen LogP contribution in [0.25, 0.3) is 0 Å². The highest BCUT2D eigenvalue weighted by molar-refractivity contribution is 6.42. The quantitative estimate of drug-likeness (QED) is 0.754. The number of rotatable bonds is 7. The van der Waals surface area contributed by atoms with E-state index in [2.05, 4.69) is 5.32 Å². The predicted molar refractivity (Wildman–Crippen MR) is 102 cm³/mol. The molecule has 0 spiro atoms. The van der Waals surface area contributed by atoms with Crippen molar-refractivity contribution < 1.29 is 18.7 Å². The van der Waals surface area contributed by atoms with Crippen LogP contribution in [0.4, 0.5) is 4.39 Å². The summed E-state index contributed by atoms with van der Waals surface area (Å²) in [5, 5.41) is 3.24. The minimum Gasteiger partial charge on any atom is -0.481 e. The van der Waals surface area contributed by atoms with E-state index >= 15 is 0 Å². The third-order valence-corrected chi connectivity index (χ3v) is 4.68. The van der Waals surface area contributed by atoms with Gasteiger partial charge in [0.05, 0.1) is 10.0 Å². The average Bonchev–Trinajstić information content (AvgIpc) is 2.66. The number of para-hydroxylation sites is 1. The normalized spacial score (nSPS) is 11.6. The number of hydrogen-bond acceptors (Lipinski definition) is 3. The minimum atomic E-state index is -0.763. The van der Waals surface area contributed by atoms with Crippen molar-refractivity contribution in [1.82, 2.24) is 10.2 Å². The molecule has 2 amide bonds. The molecule has 2 aromatic rings. The molecule has 0 fully saturated rings. The summed E-state index contributed by atoms with van der Waals surface area (Å²) < 4.78 is 18.9. The molecule has 27 heavy (non-hydrogen) atoms. The molecule has 0 aliphatic heterocycles. The molecule has 144 valence electrons. The monoisotopic (exact) mass is 412 g/mol. The van der Waals surface area contributed by atoms with Gasteiger partial charge in [-0.1, -0.05) is 41.4 Å². The van der Waals surface area contributed by atoms with Gasteiger partial charge in [0.2, 0.25) is 5.91 Å². The van der Waals surface area contributed by atoms with Crippen molar-refractivity contribution in [2.24, 2.45) is 0 Å². The molecule has 1 atom stereocenters. The second-order valence-corrected chi connectivity index (χ2v) is 6.59.